The van der Waals surface area contributed by atoms with Crippen LogP contribution in [0, 0.1) is 0 Å². The van der Waals surface area contributed by atoms with Crippen molar-refractivity contribution in [3.05, 3.63) is 64.7 Å². The zero-order valence-electron chi connectivity index (χ0n) is 13.5. The maximum absolute atomic E-state index is 11.8. The standard InChI is InChI=1S/C18H17ClN2O4/c1-25-18(24)13-5-7-15(8-6-13)21-17(23)16(22)20-10-9-12-3-2-4-14(19)11-12/h2-8,11H,9-10H2,1H3,(H,20,22)(H,21,23). The topological polar surface area (TPSA) is 84.5 Å². The summed E-state index contributed by atoms with van der Waals surface area (Å²) in [4.78, 5) is 35.0. The van der Waals surface area contributed by atoms with E-state index >= 15 is 0 Å². The van der Waals surface area contributed by atoms with Crippen molar-refractivity contribution in [1.29, 1.82) is 0 Å². The summed E-state index contributed by atoms with van der Waals surface area (Å²) in [6.07, 6.45) is 0.563. The summed E-state index contributed by atoms with van der Waals surface area (Å²) in [6, 6.07) is 13.3. The molecule has 2 aromatic rings. The Hall–Kier alpha value is -2.86. The van der Waals surface area contributed by atoms with Gasteiger partial charge in [0, 0.05) is 17.3 Å². The molecule has 0 radical (unpaired) electrons. The Morgan fingerprint density at radius 2 is 1.76 bits per heavy atom. The molecule has 2 amide bonds. The van der Waals surface area contributed by atoms with Gasteiger partial charge >= 0.3 is 17.8 Å². The minimum absolute atomic E-state index is 0.313. The number of anilines is 1. The lowest BCUT2D eigenvalue weighted by Crippen LogP contribution is -2.36. The van der Waals surface area contributed by atoms with Crippen molar-refractivity contribution in [2.24, 2.45) is 0 Å². The van der Waals surface area contributed by atoms with Gasteiger partial charge in [0.25, 0.3) is 0 Å². The van der Waals surface area contributed by atoms with E-state index in [0.29, 0.717) is 29.2 Å². The van der Waals surface area contributed by atoms with E-state index in [1.165, 1.54) is 31.4 Å². The number of amides is 2. The molecule has 0 aromatic heterocycles. The van der Waals surface area contributed by atoms with Crippen LogP contribution in [-0.2, 0) is 20.7 Å². The van der Waals surface area contributed by atoms with Crippen molar-refractivity contribution in [2.75, 3.05) is 19.0 Å². The summed E-state index contributed by atoms with van der Waals surface area (Å²) >= 11 is 5.89. The van der Waals surface area contributed by atoms with Gasteiger partial charge < -0.3 is 15.4 Å². The van der Waals surface area contributed by atoms with Crippen molar-refractivity contribution >= 4 is 35.1 Å². The molecule has 0 fully saturated rings. The number of hydrogen-bond acceptors (Lipinski definition) is 4. The first-order valence-corrected chi connectivity index (χ1v) is 7.89. The van der Waals surface area contributed by atoms with Crippen LogP contribution in [0.3, 0.4) is 0 Å². The zero-order chi connectivity index (χ0) is 18.2. The van der Waals surface area contributed by atoms with Gasteiger partial charge in [-0.05, 0) is 48.4 Å². The molecule has 7 heteroatoms. The fourth-order valence-corrected chi connectivity index (χ4v) is 2.30. The largest absolute Gasteiger partial charge is 0.465 e. The second-order valence-electron chi connectivity index (χ2n) is 5.16. The highest BCUT2D eigenvalue weighted by atomic mass is 35.5. The smallest absolute Gasteiger partial charge is 0.337 e. The summed E-state index contributed by atoms with van der Waals surface area (Å²) < 4.78 is 4.58. The van der Waals surface area contributed by atoms with Crippen molar-refractivity contribution in [3.8, 4) is 0 Å². The van der Waals surface area contributed by atoms with E-state index in [-0.39, 0.29) is 0 Å². The molecule has 6 nitrogen and oxygen atoms in total. The van der Waals surface area contributed by atoms with Crippen LogP contribution in [0.4, 0.5) is 5.69 Å². The van der Waals surface area contributed by atoms with Crippen LogP contribution in [0.1, 0.15) is 15.9 Å². The van der Waals surface area contributed by atoms with Crippen molar-refractivity contribution in [2.45, 2.75) is 6.42 Å². The quantitative estimate of drug-likeness (QED) is 0.633. The third-order valence-corrected chi connectivity index (χ3v) is 3.59. The Bertz CT molecular complexity index is 775. The molecule has 2 aromatic carbocycles. The number of hydrogen-bond donors (Lipinski definition) is 2. The Morgan fingerprint density at radius 1 is 1.04 bits per heavy atom. The first kappa shape index (κ1) is 18.5. The Balaban J connectivity index is 1.81. The first-order valence-electron chi connectivity index (χ1n) is 7.51. The van der Waals surface area contributed by atoms with E-state index in [1.807, 2.05) is 12.1 Å². The fourth-order valence-electron chi connectivity index (χ4n) is 2.09. The van der Waals surface area contributed by atoms with Crippen LogP contribution in [0.25, 0.3) is 0 Å². The van der Waals surface area contributed by atoms with Crippen LogP contribution in [0.5, 0.6) is 0 Å². The summed E-state index contributed by atoms with van der Waals surface area (Å²) in [7, 11) is 1.28. The van der Waals surface area contributed by atoms with Crippen molar-refractivity contribution in [1.82, 2.24) is 5.32 Å². The van der Waals surface area contributed by atoms with Crippen molar-refractivity contribution in [3.63, 3.8) is 0 Å². The van der Waals surface area contributed by atoms with Crippen LogP contribution < -0.4 is 10.6 Å². The van der Waals surface area contributed by atoms with Crippen LogP contribution >= 0.6 is 11.6 Å². The highest BCUT2D eigenvalue weighted by Gasteiger charge is 2.13. The molecule has 0 spiro atoms. The molecule has 2 rings (SSSR count). The number of methoxy groups -OCH3 is 1. The second kappa shape index (κ2) is 8.84. The van der Waals surface area contributed by atoms with Gasteiger partial charge in [-0.1, -0.05) is 23.7 Å². The SMILES string of the molecule is COC(=O)c1ccc(NC(=O)C(=O)NCCc2cccc(Cl)c2)cc1. The normalized spacial score (nSPS) is 10.0. The highest BCUT2D eigenvalue weighted by molar-refractivity contribution is 6.39. The average molecular weight is 361 g/mol. The maximum atomic E-state index is 11.8. The summed E-state index contributed by atoms with van der Waals surface area (Å²) in [5.74, 6) is -1.99. The van der Waals surface area contributed by atoms with E-state index in [2.05, 4.69) is 15.4 Å². The second-order valence-corrected chi connectivity index (χ2v) is 5.60. The van der Waals surface area contributed by atoms with Crippen LogP contribution in [0.15, 0.2) is 48.5 Å². The first-order chi connectivity index (χ1) is 12.0. The van der Waals surface area contributed by atoms with Gasteiger partial charge in [0.05, 0.1) is 12.7 Å². The third-order valence-electron chi connectivity index (χ3n) is 3.36. The van der Waals surface area contributed by atoms with E-state index < -0.39 is 17.8 Å². The maximum Gasteiger partial charge on any atom is 0.337 e. The van der Waals surface area contributed by atoms with Crippen LogP contribution in [-0.4, -0.2) is 31.4 Å². The van der Waals surface area contributed by atoms with E-state index in [9.17, 15) is 14.4 Å². The van der Waals surface area contributed by atoms with Gasteiger partial charge in [0.2, 0.25) is 0 Å². The predicted molar refractivity (Wildman–Crippen MR) is 94.6 cm³/mol. The Labute approximate surface area is 150 Å². The molecular formula is C18H17ClN2O4. The molecular weight excluding hydrogens is 344 g/mol. The minimum atomic E-state index is -0.781. The van der Waals surface area contributed by atoms with E-state index in [1.54, 1.807) is 12.1 Å². The van der Waals surface area contributed by atoms with Gasteiger partial charge in [-0.2, -0.15) is 0 Å². The molecule has 0 aliphatic heterocycles. The molecule has 130 valence electrons. The van der Waals surface area contributed by atoms with Gasteiger partial charge in [0.15, 0.2) is 0 Å². The number of carbonyl (C=O) groups is 3. The lowest BCUT2D eigenvalue weighted by Gasteiger charge is -2.07. The molecule has 0 heterocycles. The number of carbonyl (C=O) groups excluding carboxylic acids is 3. The van der Waals surface area contributed by atoms with Gasteiger partial charge in [-0.3, -0.25) is 9.59 Å². The monoisotopic (exact) mass is 360 g/mol. The summed E-state index contributed by atoms with van der Waals surface area (Å²) in [5, 5.41) is 5.62. The summed E-state index contributed by atoms with van der Waals surface area (Å²) in [5.41, 5.74) is 1.72. The van der Waals surface area contributed by atoms with E-state index in [4.69, 9.17) is 11.6 Å². The molecule has 0 unspecified atom stereocenters. The molecule has 0 atom stereocenters. The van der Waals surface area contributed by atoms with Gasteiger partial charge in [-0.25, -0.2) is 4.79 Å². The molecule has 2 N–H and O–H groups in total. The third kappa shape index (κ3) is 5.61. The lowest BCUT2D eigenvalue weighted by molar-refractivity contribution is -0.136. The molecule has 0 aliphatic carbocycles. The fraction of sp³-hybridized carbons (Fsp3) is 0.167. The molecule has 0 saturated heterocycles. The lowest BCUT2D eigenvalue weighted by atomic mass is 10.1. The molecule has 0 saturated carbocycles. The highest BCUT2D eigenvalue weighted by Crippen LogP contribution is 2.11. The Morgan fingerprint density at radius 3 is 2.40 bits per heavy atom. The molecule has 0 bridgehead atoms. The number of esters is 1. The summed E-state index contributed by atoms with van der Waals surface area (Å²) in [6.45, 7) is 0.313. The number of rotatable bonds is 5. The number of nitrogens with one attached hydrogen (secondary N) is 2. The van der Waals surface area contributed by atoms with Gasteiger partial charge in [0.1, 0.15) is 0 Å². The average Bonchev–Trinajstić information content (AvgIpc) is 2.61. The van der Waals surface area contributed by atoms with Gasteiger partial charge in [-0.15, -0.1) is 0 Å². The molecule has 25 heavy (non-hydrogen) atoms. The molecule has 0 aliphatic rings. The number of benzene rings is 2. The van der Waals surface area contributed by atoms with Crippen LogP contribution in [0.2, 0.25) is 5.02 Å². The number of halogens is 1. The zero-order valence-corrected chi connectivity index (χ0v) is 14.3. The minimum Gasteiger partial charge on any atom is -0.465 e. The van der Waals surface area contributed by atoms with E-state index in [0.717, 1.165) is 5.56 Å². The van der Waals surface area contributed by atoms with Crippen molar-refractivity contribution < 1.29 is 19.1 Å². The Kier molecular flexibility index (Phi) is 6.54. The number of ether oxygens (including phenoxy) is 1. The predicted octanol–water partition coefficient (Wildman–Crippen LogP) is 2.42.